The fraction of sp³-hybridized carbons (Fsp3) is 0.515. The molecule has 5 rings (SSSR count). The monoisotopic (exact) mass is 1280 g/mol. The van der Waals surface area contributed by atoms with Gasteiger partial charge in [0.25, 0.3) is 11.8 Å². The Labute approximate surface area is 537 Å². The number of urea groups is 1. The average molecular weight is 1280 g/mol. The number of carbonyl (C=O) groups is 9. The SMILES string of the molecule is C=C1C=CC(=O)N1CCCCCC(=O)N[C@@H](C(=O)C[C@H](CCCNC(N)=O)C(=O)Nc1ccc(COC(=O)NC2(c3ccc(CS(=O)(=O)NC(=O)/C(C)=C/[C@H](C(C)C)N(C)C(=O)[C@@H](NC(=O)[C@@H](NC)C(C)(C)c4ccccc4)C(C)(C)C)cc3)CC2)cc1)C(C)C. The van der Waals surface area contributed by atoms with Gasteiger partial charge >= 0.3 is 12.1 Å². The van der Waals surface area contributed by atoms with Gasteiger partial charge in [0.05, 0.1) is 29.4 Å². The molecule has 1 saturated carbocycles. The summed E-state index contributed by atoms with van der Waals surface area (Å²) in [5.41, 5.74) is 6.94. The number of unbranched alkanes of at least 4 members (excludes halogenated alkanes) is 2. The smallest absolute Gasteiger partial charge is 0.408 e. The molecule has 0 aromatic heterocycles. The maximum absolute atomic E-state index is 14.4. The van der Waals surface area contributed by atoms with Crippen LogP contribution in [0.2, 0.25) is 0 Å². The molecule has 9 N–H and O–H groups in total. The molecule has 1 aliphatic carbocycles. The van der Waals surface area contributed by atoms with Crippen LogP contribution in [0.5, 0.6) is 0 Å². The quantitative estimate of drug-likeness (QED) is 0.0211. The van der Waals surface area contributed by atoms with E-state index in [-0.39, 0.29) is 79.2 Å². The highest BCUT2D eigenvalue weighted by Crippen LogP contribution is 2.45. The first-order valence-corrected chi connectivity index (χ1v) is 32.8. The molecule has 0 unspecified atom stereocenters. The van der Waals surface area contributed by atoms with Gasteiger partial charge in [-0.1, -0.05) is 148 Å². The summed E-state index contributed by atoms with van der Waals surface area (Å²) >= 11 is 0. The summed E-state index contributed by atoms with van der Waals surface area (Å²) in [6, 6.07) is 19.1. The summed E-state index contributed by atoms with van der Waals surface area (Å²) in [6.45, 7) is 22.8. The topological polar surface area (TPSA) is 314 Å². The van der Waals surface area contributed by atoms with E-state index < -0.39 is 86.2 Å². The van der Waals surface area contributed by atoms with Crippen LogP contribution in [-0.2, 0) is 71.6 Å². The number of nitrogens with zero attached hydrogens (tertiary/aromatic N) is 2. The van der Waals surface area contributed by atoms with Crippen molar-refractivity contribution < 1.29 is 56.3 Å². The number of alkyl carbamates (subject to hydrolysis) is 1. The molecule has 5 atom stereocenters. The first kappa shape index (κ1) is 73.6. The van der Waals surface area contributed by atoms with Gasteiger partial charge in [0.1, 0.15) is 12.6 Å². The molecule has 1 aliphatic heterocycles. The van der Waals surface area contributed by atoms with Gasteiger partial charge in [-0.2, -0.15) is 0 Å². The zero-order valence-corrected chi connectivity index (χ0v) is 55.8. The molecule has 91 heavy (non-hydrogen) atoms. The second kappa shape index (κ2) is 32.7. The third-order valence-corrected chi connectivity index (χ3v) is 17.9. The molecule has 3 aromatic rings. The van der Waals surface area contributed by atoms with Gasteiger partial charge in [0, 0.05) is 67.3 Å². The summed E-state index contributed by atoms with van der Waals surface area (Å²) in [4.78, 5) is 122. The van der Waals surface area contributed by atoms with Crippen molar-refractivity contribution in [2.75, 3.05) is 32.5 Å². The number of Topliss-reactive ketones (excluding diaryl/α,β-unsaturated/α-hetero) is 1. The van der Waals surface area contributed by atoms with Crippen LogP contribution in [0, 0.1) is 23.2 Å². The van der Waals surface area contributed by atoms with Crippen LogP contribution in [0.15, 0.2) is 115 Å². The van der Waals surface area contributed by atoms with Crippen molar-refractivity contribution >= 4 is 69.1 Å². The molecule has 1 heterocycles. The maximum Gasteiger partial charge on any atom is 0.408 e. The predicted molar refractivity (Wildman–Crippen MR) is 351 cm³/mol. The first-order chi connectivity index (χ1) is 42.7. The number of hydrogen-bond donors (Lipinski definition) is 8. The van der Waals surface area contributed by atoms with Crippen molar-refractivity contribution in [3.05, 3.63) is 137 Å². The number of amides is 9. The standard InChI is InChI=1S/C68H96N10O12S/c1-43(2)53(77(13)63(85)59(66(7,8)9)74-62(84)58(70-12)67(10,11)50-22-16-14-17-23-50)39-45(5)60(82)76-91(88,89)42-48-26-30-51(31-27-48)68(35-36-68)75-65(87)90-41-47-28-32-52(33-29-47)72-61(83)49(21-20-37-71-64(69)86)40-54(79)57(44(3)4)73-55(80)24-18-15-19-38-78-46(6)25-34-56(78)81/h14,16-17,22-23,25-34,39,43-44,49,53,57-59,70H,6,15,18-21,24,35-38,40-42H2,1-5,7-13H3,(H,72,83)(H,73,80)(H,74,84)(H,75,87)(H,76,82)(H3,69,71,86)/b45-39+/t49-,53+,57+,58+,59+/m0/s1. The van der Waals surface area contributed by atoms with Crippen molar-refractivity contribution in [1.82, 2.24) is 41.1 Å². The van der Waals surface area contributed by atoms with Gasteiger partial charge in [-0.05, 0) is 110 Å². The van der Waals surface area contributed by atoms with Gasteiger partial charge in [0.2, 0.25) is 33.7 Å². The third kappa shape index (κ3) is 21.7. The Morgan fingerprint density at radius 3 is 2.00 bits per heavy atom. The number of hydrogen-bond acceptors (Lipinski definition) is 13. The number of likely N-dealkylation sites (N-methyl/N-ethyl adjacent to an activating group) is 2. The molecule has 2 aliphatic rings. The van der Waals surface area contributed by atoms with Crippen molar-refractivity contribution in [3.8, 4) is 0 Å². The van der Waals surface area contributed by atoms with Crippen LogP contribution in [0.4, 0.5) is 15.3 Å². The van der Waals surface area contributed by atoms with E-state index in [0.29, 0.717) is 67.6 Å². The van der Waals surface area contributed by atoms with Crippen LogP contribution in [0.25, 0.3) is 0 Å². The number of allylic oxidation sites excluding steroid dienone is 1. The molecule has 1 fully saturated rings. The minimum Gasteiger partial charge on any atom is -0.445 e. The number of ketones is 1. The molecule has 3 aromatic carbocycles. The van der Waals surface area contributed by atoms with E-state index in [2.05, 4.69) is 43.2 Å². The number of rotatable bonds is 34. The van der Waals surface area contributed by atoms with Gasteiger partial charge in [0.15, 0.2) is 5.78 Å². The lowest BCUT2D eigenvalue weighted by Gasteiger charge is -2.40. The van der Waals surface area contributed by atoms with Crippen LogP contribution in [-0.4, -0.2) is 123 Å². The van der Waals surface area contributed by atoms with E-state index >= 15 is 0 Å². The fourth-order valence-corrected chi connectivity index (χ4v) is 12.2. The summed E-state index contributed by atoms with van der Waals surface area (Å²) in [5, 5.41) is 17.3. The third-order valence-electron chi connectivity index (χ3n) is 16.7. The number of sulfonamides is 1. The van der Waals surface area contributed by atoms with Crippen LogP contribution >= 0.6 is 0 Å². The summed E-state index contributed by atoms with van der Waals surface area (Å²) in [7, 11) is -0.915. The van der Waals surface area contributed by atoms with Gasteiger partial charge < -0.3 is 52.2 Å². The lowest BCUT2D eigenvalue weighted by atomic mass is 9.76. The summed E-state index contributed by atoms with van der Waals surface area (Å²) in [6.07, 6.45) is 7.73. The second-order valence-corrected chi connectivity index (χ2v) is 27.9. The fourth-order valence-electron chi connectivity index (χ4n) is 11.1. The Balaban J connectivity index is 1.11. The van der Waals surface area contributed by atoms with Crippen molar-refractivity contribution in [3.63, 3.8) is 0 Å². The van der Waals surface area contributed by atoms with E-state index in [1.54, 1.807) is 79.7 Å². The lowest BCUT2D eigenvalue weighted by Crippen LogP contribution is -2.61. The number of primary amides is 1. The Hall–Kier alpha value is -8.18. The molecule has 0 spiro atoms. The Kier molecular flexibility index (Phi) is 26.4. The Bertz CT molecular complexity index is 3240. The minimum atomic E-state index is -4.22. The maximum atomic E-state index is 14.4. The highest BCUT2D eigenvalue weighted by molar-refractivity contribution is 7.89. The number of ether oxygens (including phenoxy) is 1. The molecule has 22 nitrogen and oxygen atoms in total. The Morgan fingerprint density at radius 1 is 0.802 bits per heavy atom. The van der Waals surface area contributed by atoms with Crippen LogP contribution in [0.3, 0.4) is 0 Å². The molecular weight excluding hydrogens is 1180 g/mol. The van der Waals surface area contributed by atoms with Crippen molar-refractivity contribution in [2.45, 2.75) is 175 Å². The second-order valence-electron chi connectivity index (χ2n) is 26.2. The number of nitrogens with one attached hydrogen (secondary N) is 7. The van der Waals surface area contributed by atoms with E-state index in [4.69, 9.17) is 10.5 Å². The van der Waals surface area contributed by atoms with E-state index in [0.717, 1.165) is 11.1 Å². The number of anilines is 1. The number of benzene rings is 3. The molecule has 496 valence electrons. The summed E-state index contributed by atoms with van der Waals surface area (Å²) < 4.78 is 34.7. The zero-order chi connectivity index (χ0) is 67.6. The van der Waals surface area contributed by atoms with Gasteiger partial charge in [-0.3, -0.25) is 33.6 Å². The highest BCUT2D eigenvalue weighted by Gasteiger charge is 2.46. The van der Waals surface area contributed by atoms with Crippen molar-refractivity contribution in [2.24, 2.45) is 28.9 Å². The molecule has 0 radical (unpaired) electrons. The van der Waals surface area contributed by atoms with Gasteiger partial charge in [-0.15, -0.1) is 0 Å². The average Bonchev–Trinajstić information content (AvgIpc) is 1.67. The highest BCUT2D eigenvalue weighted by atomic mass is 32.2. The molecule has 9 amide bonds. The van der Waals surface area contributed by atoms with Crippen molar-refractivity contribution in [1.29, 1.82) is 0 Å². The first-order valence-electron chi connectivity index (χ1n) is 31.2. The van der Waals surface area contributed by atoms with E-state index in [1.807, 2.05) is 92.6 Å². The lowest BCUT2D eigenvalue weighted by molar-refractivity contribution is -0.141. The van der Waals surface area contributed by atoms with E-state index in [1.165, 1.54) is 17.9 Å². The summed E-state index contributed by atoms with van der Waals surface area (Å²) in [5.74, 6) is -4.58. The predicted octanol–water partition coefficient (Wildman–Crippen LogP) is 7.65. The molecule has 0 bridgehead atoms. The molecular formula is C68H96N10O12S. The zero-order valence-electron chi connectivity index (χ0n) is 55.0. The number of carbonyl (C=O) groups excluding carboxylic acids is 9. The molecule has 0 saturated heterocycles. The normalized spacial score (nSPS) is 15.6. The Morgan fingerprint density at radius 2 is 1.44 bits per heavy atom. The van der Waals surface area contributed by atoms with E-state index in [9.17, 15) is 51.6 Å². The minimum absolute atomic E-state index is 0.0732. The van der Waals surface area contributed by atoms with Crippen LogP contribution < -0.4 is 42.4 Å². The van der Waals surface area contributed by atoms with Gasteiger partial charge in [-0.25, -0.2) is 22.7 Å². The largest absolute Gasteiger partial charge is 0.445 e. The van der Waals surface area contributed by atoms with Crippen LogP contribution in [0.1, 0.15) is 149 Å². The molecule has 23 heteroatoms. The number of nitrogens with two attached hydrogens (primary N) is 1.